The number of benzene rings is 3. The zero-order chi connectivity index (χ0) is 25.8. The van der Waals surface area contributed by atoms with Gasteiger partial charge in [-0.3, -0.25) is 4.79 Å². The SMILES string of the molecule is COc1ccc(C(=O)N2CCN(c3nc(-c4ccccc4)nc(C)c3Cc3cccc(C)c3)CC2)cc1. The molecule has 0 saturated carbocycles. The first kappa shape index (κ1) is 24.5. The number of piperazine rings is 1. The minimum Gasteiger partial charge on any atom is -0.497 e. The number of amides is 1. The summed E-state index contributed by atoms with van der Waals surface area (Å²) in [5.41, 5.74) is 6.29. The lowest BCUT2D eigenvalue weighted by atomic mass is 10.0. The predicted octanol–water partition coefficient (Wildman–Crippen LogP) is 5.32. The van der Waals surface area contributed by atoms with Crippen LogP contribution in [0.1, 0.15) is 32.7 Å². The lowest BCUT2D eigenvalue weighted by Crippen LogP contribution is -2.49. The molecule has 1 saturated heterocycles. The maximum absolute atomic E-state index is 13.1. The minimum absolute atomic E-state index is 0.0473. The van der Waals surface area contributed by atoms with Crippen molar-refractivity contribution in [1.29, 1.82) is 0 Å². The third-order valence-electron chi connectivity index (χ3n) is 6.89. The molecule has 188 valence electrons. The van der Waals surface area contributed by atoms with Gasteiger partial charge in [-0.25, -0.2) is 9.97 Å². The number of hydrogen-bond acceptors (Lipinski definition) is 5. The van der Waals surface area contributed by atoms with Crippen molar-refractivity contribution < 1.29 is 9.53 Å². The Morgan fingerprint density at radius 3 is 2.27 bits per heavy atom. The number of ether oxygens (including phenoxy) is 1. The first-order valence-electron chi connectivity index (χ1n) is 12.7. The van der Waals surface area contributed by atoms with Gasteiger partial charge in [0.25, 0.3) is 5.91 Å². The second kappa shape index (κ2) is 10.8. The van der Waals surface area contributed by atoms with Crippen LogP contribution in [0.4, 0.5) is 5.82 Å². The molecule has 1 amide bonds. The standard InChI is InChI=1S/C31H32N4O2/c1-22-8-7-9-24(20-22)21-28-23(2)32-29(25-10-5-4-6-11-25)33-30(28)34-16-18-35(19-17-34)31(36)26-12-14-27(37-3)15-13-26/h4-15,20H,16-19,21H2,1-3H3. The highest BCUT2D eigenvalue weighted by atomic mass is 16.5. The Morgan fingerprint density at radius 2 is 1.59 bits per heavy atom. The molecule has 6 heteroatoms. The molecule has 1 fully saturated rings. The number of carbonyl (C=O) groups excluding carboxylic acids is 1. The van der Waals surface area contributed by atoms with Gasteiger partial charge in [0.2, 0.25) is 0 Å². The van der Waals surface area contributed by atoms with Crippen molar-refractivity contribution >= 4 is 11.7 Å². The van der Waals surface area contributed by atoms with Crippen molar-refractivity contribution in [3.8, 4) is 17.1 Å². The quantitative estimate of drug-likeness (QED) is 0.365. The topological polar surface area (TPSA) is 58.6 Å². The van der Waals surface area contributed by atoms with Crippen molar-refractivity contribution in [2.75, 3.05) is 38.2 Å². The summed E-state index contributed by atoms with van der Waals surface area (Å²) in [7, 11) is 1.63. The van der Waals surface area contributed by atoms with E-state index in [1.54, 1.807) is 7.11 Å². The molecule has 0 N–H and O–H groups in total. The van der Waals surface area contributed by atoms with Crippen molar-refractivity contribution in [3.63, 3.8) is 0 Å². The van der Waals surface area contributed by atoms with E-state index in [1.807, 2.05) is 59.5 Å². The molecule has 6 nitrogen and oxygen atoms in total. The van der Waals surface area contributed by atoms with Gasteiger partial charge in [-0.2, -0.15) is 0 Å². The third kappa shape index (κ3) is 5.48. The number of carbonyl (C=O) groups is 1. The van der Waals surface area contributed by atoms with E-state index in [0.29, 0.717) is 31.7 Å². The van der Waals surface area contributed by atoms with Crippen LogP contribution in [-0.2, 0) is 6.42 Å². The van der Waals surface area contributed by atoms with Gasteiger partial charge in [-0.05, 0) is 43.7 Å². The van der Waals surface area contributed by atoms with Gasteiger partial charge < -0.3 is 14.5 Å². The minimum atomic E-state index is 0.0473. The Balaban J connectivity index is 1.42. The van der Waals surface area contributed by atoms with E-state index >= 15 is 0 Å². The lowest BCUT2D eigenvalue weighted by molar-refractivity contribution is 0.0746. The largest absolute Gasteiger partial charge is 0.497 e. The molecule has 0 spiro atoms. The Kier molecular flexibility index (Phi) is 7.17. The highest BCUT2D eigenvalue weighted by molar-refractivity contribution is 5.94. The molecule has 1 aliphatic rings. The van der Waals surface area contributed by atoms with Crippen molar-refractivity contribution in [1.82, 2.24) is 14.9 Å². The van der Waals surface area contributed by atoms with Gasteiger partial charge in [-0.15, -0.1) is 0 Å². The molecule has 2 heterocycles. The summed E-state index contributed by atoms with van der Waals surface area (Å²) >= 11 is 0. The first-order valence-corrected chi connectivity index (χ1v) is 12.7. The fourth-order valence-corrected chi connectivity index (χ4v) is 4.83. The maximum atomic E-state index is 13.1. The predicted molar refractivity (Wildman–Crippen MR) is 147 cm³/mol. The summed E-state index contributed by atoms with van der Waals surface area (Å²) in [5, 5.41) is 0. The van der Waals surface area contributed by atoms with Crippen LogP contribution in [0.2, 0.25) is 0 Å². The molecule has 0 atom stereocenters. The molecule has 5 rings (SSSR count). The molecule has 1 aromatic heterocycles. The number of hydrogen-bond donors (Lipinski definition) is 0. The molecule has 4 aromatic rings. The number of methoxy groups -OCH3 is 1. The van der Waals surface area contributed by atoms with E-state index in [0.717, 1.165) is 40.6 Å². The zero-order valence-corrected chi connectivity index (χ0v) is 21.6. The number of aryl methyl sites for hydroxylation is 2. The number of nitrogens with zero attached hydrogens (tertiary/aromatic N) is 4. The molecule has 3 aromatic carbocycles. The highest BCUT2D eigenvalue weighted by Gasteiger charge is 2.26. The van der Waals surface area contributed by atoms with E-state index < -0.39 is 0 Å². The average molecular weight is 493 g/mol. The number of rotatable bonds is 6. The molecule has 0 aliphatic carbocycles. The van der Waals surface area contributed by atoms with Crippen molar-refractivity contribution in [3.05, 3.63) is 107 Å². The Hall–Kier alpha value is -4.19. The van der Waals surface area contributed by atoms with Crippen LogP contribution in [0, 0.1) is 13.8 Å². The van der Waals surface area contributed by atoms with Crippen LogP contribution >= 0.6 is 0 Å². The molecule has 37 heavy (non-hydrogen) atoms. The monoisotopic (exact) mass is 492 g/mol. The second-order valence-corrected chi connectivity index (χ2v) is 9.47. The summed E-state index contributed by atoms with van der Waals surface area (Å²) in [6.07, 6.45) is 0.767. The summed E-state index contributed by atoms with van der Waals surface area (Å²) in [4.78, 5) is 27.3. The van der Waals surface area contributed by atoms with Gasteiger partial charge in [0.1, 0.15) is 11.6 Å². The average Bonchev–Trinajstić information content (AvgIpc) is 2.94. The van der Waals surface area contributed by atoms with E-state index in [9.17, 15) is 4.79 Å². The molecule has 0 bridgehead atoms. The van der Waals surface area contributed by atoms with Crippen molar-refractivity contribution in [2.24, 2.45) is 0 Å². The maximum Gasteiger partial charge on any atom is 0.253 e. The van der Waals surface area contributed by atoms with E-state index in [-0.39, 0.29) is 5.91 Å². The first-order chi connectivity index (χ1) is 18.0. The number of anilines is 1. The molecule has 0 radical (unpaired) electrons. The summed E-state index contributed by atoms with van der Waals surface area (Å²) in [5.74, 6) is 2.49. The second-order valence-electron chi connectivity index (χ2n) is 9.47. The van der Waals surface area contributed by atoms with Gasteiger partial charge in [-0.1, -0.05) is 60.2 Å². The fourth-order valence-electron chi connectivity index (χ4n) is 4.83. The molecular formula is C31H32N4O2. The van der Waals surface area contributed by atoms with Crippen LogP contribution < -0.4 is 9.64 Å². The Labute approximate surface area is 218 Å². The Bertz CT molecular complexity index is 1380. The van der Waals surface area contributed by atoms with Crippen molar-refractivity contribution in [2.45, 2.75) is 20.3 Å². The van der Waals surface area contributed by atoms with Crippen LogP contribution in [0.5, 0.6) is 5.75 Å². The van der Waals surface area contributed by atoms with Crippen LogP contribution in [0.25, 0.3) is 11.4 Å². The molecular weight excluding hydrogens is 460 g/mol. The summed E-state index contributed by atoms with van der Waals surface area (Å²) in [6, 6.07) is 26.0. The number of aromatic nitrogens is 2. The van der Waals surface area contributed by atoms with Gasteiger partial charge in [0.05, 0.1) is 7.11 Å². The van der Waals surface area contributed by atoms with Gasteiger partial charge >= 0.3 is 0 Å². The van der Waals surface area contributed by atoms with E-state index in [1.165, 1.54) is 11.1 Å². The molecule has 0 unspecified atom stereocenters. The van der Waals surface area contributed by atoms with E-state index in [2.05, 4.69) is 43.0 Å². The smallest absolute Gasteiger partial charge is 0.253 e. The highest BCUT2D eigenvalue weighted by Crippen LogP contribution is 2.29. The fraction of sp³-hybridized carbons (Fsp3) is 0.258. The van der Waals surface area contributed by atoms with Gasteiger partial charge in [0.15, 0.2) is 5.82 Å². The van der Waals surface area contributed by atoms with Crippen LogP contribution in [-0.4, -0.2) is 54.1 Å². The van der Waals surface area contributed by atoms with Crippen LogP contribution in [0.3, 0.4) is 0 Å². The normalized spacial score (nSPS) is 13.5. The van der Waals surface area contributed by atoms with E-state index in [4.69, 9.17) is 14.7 Å². The zero-order valence-electron chi connectivity index (χ0n) is 21.6. The summed E-state index contributed by atoms with van der Waals surface area (Å²) in [6.45, 7) is 6.90. The lowest BCUT2D eigenvalue weighted by Gasteiger charge is -2.36. The Morgan fingerprint density at radius 1 is 0.865 bits per heavy atom. The summed E-state index contributed by atoms with van der Waals surface area (Å²) < 4.78 is 5.23. The van der Waals surface area contributed by atoms with Gasteiger partial charge in [0, 0.05) is 55.0 Å². The third-order valence-corrected chi connectivity index (χ3v) is 6.89. The molecule has 1 aliphatic heterocycles. The van der Waals surface area contributed by atoms with Crippen LogP contribution in [0.15, 0.2) is 78.9 Å².